The quantitative estimate of drug-likeness (QED) is 0.0708. The zero-order valence-electron chi connectivity index (χ0n) is 23.9. The predicted molar refractivity (Wildman–Crippen MR) is 144 cm³/mol. The maximum atomic E-state index is 5.51. The van der Waals surface area contributed by atoms with Crippen LogP contribution in [0.1, 0.15) is 27.7 Å². The molecular weight excluding hydrogens is 484 g/mol. The van der Waals surface area contributed by atoms with E-state index >= 15 is 0 Å². The minimum Gasteiger partial charge on any atom is -0.379 e. The average Bonchev–Trinajstić information content (AvgIpc) is 2.86. The van der Waals surface area contributed by atoms with E-state index in [0.29, 0.717) is 99.5 Å². The van der Waals surface area contributed by atoms with Crippen LogP contribution in [0.2, 0.25) is 0 Å². The zero-order valence-corrected chi connectivity index (χ0v) is 23.9. The van der Waals surface area contributed by atoms with Crippen molar-refractivity contribution in [1.29, 1.82) is 0 Å². The Morgan fingerprint density at radius 2 is 0.730 bits per heavy atom. The van der Waals surface area contributed by atoms with Crippen molar-refractivity contribution in [3.63, 3.8) is 0 Å². The van der Waals surface area contributed by atoms with Crippen LogP contribution in [0, 0.1) is 0 Å². The van der Waals surface area contributed by atoms with Gasteiger partial charge < -0.3 is 43.2 Å². The molecule has 0 atom stereocenters. The SMILES string of the molecule is CCOCCOCCNCOCCOCCNCOCCOCCNCOCCOCCNC(C)(C)C. The van der Waals surface area contributed by atoms with Gasteiger partial charge in [0.25, 0.3) is 0 Å². The van der Waals surface area contributed by atoms with Gasteiger partial charge in [0, 0.05) is 38.3 Å². The van der Waals surface area contributed by atoms with Crippen LogP contribution in [0.3, 0.4) is 0 Å². The van der Waals surface area contributed by atoms with Crippen molar-refractivity contribution in [3.8, 4) is 0 Å². The van der Waals surface area contributed by atoms with Crippen molar-refractivity contribution < 1.29 is 37.9 Å². The number of rotatable bonds is 31. The minimum atomic E-state index is 0.125. The van der Waals surface area contributed by atoms with Crippen LogP contribution in [-0.2, 0) is 37.9 Å². The fourth-order valence-corrected chi connectivity index (χ4v) is 2.60. The normalized spacial score (nSPS) is 12.0. The van der Waals surface area contributed by atoms with Crippen molar-refractivity contribution in [2.24, 2.45) is 0 Å². The maximum Gasteiger partial charge on any atom is 0.0967 e. The van der Waals surface area contributed by atoms with E-state index in [9.17, 15) is 0 Å². The molecule has 0 radical (unpaired) electrons. The lowest BCUT2D eigenvalue weighted by atomic mass is 10.1. The second-order valence-corrected chi connectivity index (χ2v) is 8.98. The molecule has 0 aromatic rings. The van der Waals surface area contributed by atoms with E-state index in [1.807, 2.05) is 6.92 Å². The number of hydrogen-bond donors (Lipinski definition) is 4. The van der Waals surface area contributed by atoms with Crippen LogP contribution in [0.15, 0.2) is 0 Å². The van der Waals surface area contributed by atoms with E-state index in [4.69, 9.17) is 37.9 Å². The van der Waals surface area contributed by atoms with Crippen LogP contribution in [0.4, 0.5) is 0 Å². The first kappa shape index (κ1) is 36.5. The van der Waals surface area contributed by atoms with Crippen LogP contribution in [-0.4, -0.2) is 138 Å². The molecule has 12 nitrogen and oxygen atoms in total. The molecule has 0 spiro atoms. The molecule has 0 aliphatic heterocycles. The Balaban J connectivity index is 3.04. The van der Waals surface area contributed by atoms with E-state index in [1.54, 1.807) is 0 Å². The highest BCUT2D eigenvalue weighted by molar-refractivity contribution is 4.69. The summed E-state index contributed by atoms with van der Waals surface area (Å²) in [6, 6.07) is 0. The largest absolute Gasteiger partial charge is 0.379 e. The molecule has 0 aliphatic rings. The molecule has 12 heteroatoms. The highest BCUT2D eigenvalue weighted by atomic mass is 16.5. The summed E-state index contributed by atoms with van der Waals surface area (Å²) in [5.74, 6) is 0. The van der Waals surface area contributed by atoms with Crippen molar-refractivity contribution >= 4 is 0 Å². The van der Waals surface area contributed by atoms with E-state index in [0.717, 1.165) is 32.8 Å². The second kappa shape index (κ2) is 30.1. The summed E-state index contributed by atoms with van der Waals surface area (Å²) in [5, 5.41) is 12.8. The second-order valence-electron chi connectivity index (χ2n) is 8.98. The third-order valence-corrected chi connectivity index (χ3v) is 4.48. The Labute approximate surface area is 225 Å². The van der Waals surface area contributed by atoms with Gasteiger partial charge in [0.2, 0.25) is 0 Å². The molecule has 0 heterocycles. The fourth-order valence-electron chi connectivity index (χ4n) is 2.60. The summed E-state index contributed by atoms with van der Waals surface area (Å²) in [6.07, 6.45) is 0. The van der Waals surface area contributed by atoms with Crippen molar-refractivity contribution in [1.82, 2.24) is 21.3 Å². The molecule has 37 heavy (non-hydrogen) atoms. The van der Waals surface area contributed by atoms with Crippen LogP contribution >= 0.6 is 0 Å². The highest BCUT2D eigenvalue weighted by Crippen LogP contribution is 1.96. The lowest BCUT2D eigenvalue weighted by Gasteiger charge is -2.20. The van der Waals surface area contributed by atoms with Gasteiger partial charge in [-0.15, -0.1) is 0 Å². The van der Waals surface area contributed by atoms with E-state index < -0.39 is 0 Å². The summed E-state index contributed by atoms with van der Waals surface area (Å²) >= 11 is 0. The van der Waals surface area contributed by atoms with Gasteiger partial charge in [0.05, 0.1) is 99.5 Å². The van der Waals surface area contributed by atoms with Gasteiger partial charge in [-0.3, -0.25) is 16.0 Å². The highest BCUT2D eigenvalue weighted by Gasteiger charge is 2.06. The minimum absolute atomic E-state index is 0.125. The van der Waals surface area contributed by atoms with Gasteiger partial charge in [-0.25, -0.2) is 0 Å². The maximum absolute atomic E-state index is 5.51. The topological polar surface area (TPSA) is 122 Å². The lowest BCUT2D eigenvalue weighted by molar-refractivity contribution is 0.0219. The number of hydrogen-bond acceptors (Lipinski definition) is 12. The van der Waals surface area contributed by atoms with Gasteiger partial charge in [0.1, 0.15) is 0 Å². The molecule has 0 unspecified atom stereocenters. The molecule has 0 amide bonds. The third-order valence-electron chi connectivity index (χ3n) is 4.48. The Bertz CT molecular complexity index is 434. The molecule has 0 saturated carbocycles. The Hall–Kier alpha value is -0.480. The van der Waals surface area contributed by atoms with Crippen molar-refractivity contribution in [3.05, 3.63) is 0 Å². The molecule has 0 aromatic carbocycles. The lowest BCUT2D eigenvalue weighted by Crippen LogP contribution is -2.38. The monoisotopic (exact) mass is 540 g/mol. The standard InChI is InChI=1S/C25H56N4O8/c1-5-30-14-15-31-10-6-26-22-35-19-16-32-11-7-27-23-36-20-17-33-12-8-28-24-37-21-18-34-13-9-29-25(2,3)4/h26-29H,5-24H2,1-4H3. The van der Waals surface area contributed by atoms with E-state index in [2.05, 4.69) is 42.0 Å². The van der Waals surface area contributed by atoms with Crippen molar-refractivity contribution in [2.75, 3.05) is 132 Å². The molecular formula is C25H56N4O8. The molecule has 4 N–H and O–H groups in total. The molecule has 0 aliphatic carbocycles. The zero-order chi connectivity index (χ0) is 27.1. The smallest absolute Gasteiger partial charge is 0.0967 e. The average molecular weight is 541 g/mol. The molecule has 0 saturated heterocycles. The van der Waals surface area contributed by atoms with Gasteiger partial charge in [0.15, 0.2) is 0 Å². The molecule has 0 bridgehead atoms. The molecule has 224 valence electrons. The Morgan fingerprint density at radius 3 is 1.08 bits per heavy atom. The molecule has 0 rings (SSSR count). The van der Waals surface area contributed by atoms with Crippen molar-refractivity contribution in [2.45, 2.75) is 33.2 Å². The summed E-state index contributed by atoms with van der Waals surface area (Å²) in [5.41, 5.74) is 0.125. The first-order valence-corrected chi connectivity index (χ1v) is 13.6. The number of ether oxygens (including phenoxy) is 8. The van der Waals surface area contributed by atoms with Crippen LogP contribution in [0.5, 0.6) is 0 Å². The predicted octanol–water partition coefficient (Wildman–Crippen LogP) is 0.169. The summed E-state index contributed by atoms with van der Waals surface area (Å²) in [4.78, 5) is 0. The fraction of sp³-hybridized carbons (Fsp3) is 1.00. The van der Waals surface area contributed by atoms with Crippen LogP contribution < -0.4 is 21.3 Å². The van der Waals surface area contributed by atoms with Crippen LogP contribution in [0.25, 0.3) is 0 Å². The summed E-state index contributed by atoms with van der Waals surface area (Å²) in [7, 11) is 0. The van der Waals surface area contributed by atoms with Gasteiger partial charge in [-0.2, -0.15) is 0 Å². The molecule has 0 fully saturated rings. The third kappa shape index (κ3) is 35.5. The first-order chi connectivity index (χ1) is 18.1. The van der Waals surface area contributed by atoms with Gasteiger partial charge in [-0.1, -0.05) is 0 Å². The Morgan fingerprint density at radius 1 is 0.405 bits per heavy atom. The summed E-state index contributed by atoms with van der Waals surface area (Å²) < 4.78 is 43.5. The number of nitrogens with one attached hydrogen (secondary N) is 4. The van der Waals surface area contributed by atoms with E-state index in [1.165, 1.54) is 0 Å². The summed E-state index contributed by atoms with van der Waals surface area (Å²) in [6.45, 7) is 20.8. The van der Waals surface area contributed by atoms with E-state index in [-0.39, 0.29) is 5.54 Å². The Kier molecular flexibility index (Phi) is 29.7. The van der Waals surface area contributed by atoms with Gasteiger partial charge in [-0.05, 0) is 27.7 Å². The first-order valence-electron chi connectivity index (χ1n) is 13.6. The van der Waals surface area contributed by atoms with Gasteiger partial charge >= 0.3 is 0 Å². The molecule has 0 aromatic heterocycles.